The maximum atomic E-state index is 12.0. The van der Waals surface area contributed by atoms with Crippen molar-refractivity contribution in [2.24, 2.45) is 0 Å². The van der Waals surface area contributed by atoms with E-state index in [-0.39, 0.29) is 6.03 Å². The van der Waals surface area contributed by atoms with Crippen LogP contribution in [0.25, 0.3) is 10.9 Å². The van der Waals surface area contributed by atoms with Gasteiger partial charge in [-0.25, -0.2) is 14.8 Å². The monoisotopic (exact) mass is 368 g/mol. The van der Waals surface area contributed by atoms with Crippen LogP contribution in [0.4, 0.5) is 10.5 Å². The Hall–Kier alpha value is -2.41. The molecule has 2 fully saturated rings. The first-order valence-electron chi connectivity index (χ1n) is 9.99. The summed E-state index contributed by atoms with van der Waals surface area (Å²) in [5.74, 6) is 0.517. The first kappa shape index (κ1) is 18.0. The fourth-order valence-corrected chi connectivity index (χ4v) is 4.11. The van der Waals surface area contributed by atoms with E-state index in [0.29, 0.717) is 12.5 Å². The van der Waals surface area contributed by atoms with Gasteiger partial charge in [0.25, 0.3) is 0 Å². The van der Waals surface area contributed by atoms with Gasteiger partial charge in [0, 0.05) is 49.7 Å². The van der Waals surface area contributed by atoms with Crippen LogP contribution in [0, 0.1) is 0 Å². The molecule has 0 saturated carbocycles. The van der Waals surface area contributed by atoms with E-state index >= 15 is 0 Å². The molecule has 0 unspecified atom stereocenters. The second-order valence-electron chi connectivity index (χ2n) is 7.29. The first-order chi connectivity index (χ1) is 13.3. The van der Waals surface area contributed by atoms with Crippen LogP contribution in [-0.4, -0.2) is 66.7 Å². The molecule has 2 saturated heterocycles. The van der Waals surface area contributed by atoms with Crippen LogP contribution >= 0.6 is 0 Å². The number of rotatable bonds is 3. The van der Waals surface area contributed by atoms with E-state index in [1.54, 1.807) is 6.33 Å². The van der Waals surface area contributed by atoms with Gasteiger partial charge >= 0.3 is 6.03 Å². The molecule has 2 aliphatic heterocycles. The summed E-state index contributed by atoms with van der Waals surface area (Å²) in [5, 5.41) is 7.48. The van der Waals surface area contributed by atoms with E-state index in [1.807, 2.05) is 11.8 Å². The highest BCUT2D eigenvalue weighted by Crippen LogP contribution is 2.30. The highest BCUT2D eigenvalue weighted by molar-refractivity contribution is 5.84. The van der Waals surface area contributed by atoms with Crippen molar-refractivity contribution in [3.63, 3.8) is 0 Å². The maximum Gasteiger partial charge on any atom is 0.317 e. The molecule has 2 aromatic rings. The summed E-state index contributed by atoms with van der Waals surface area (Å²) in [6.45, 7) is 7.91. The van der Waals surface area contributed by atoms with Gasteiger partial charge in [-0.15, -0.1) is 0 Å². The minimum Gasteiger partial charge on any atom is -0.368 e. The number of nitrogens with one attached hydrogen (secondary N) is 2. The van der Waals surface area contributed by atoms with E-state index in [2.05, 4.69) is 43.7 Å². The Labute approximate surface area is 160 Å². The highest BCUT2D eigenvalue weighted by Gasteiger charge is 2.22. The summed E-state index contributed by atoms with van der Waals surface area (Å²) in [6.07, 6.45) is 3.97. The summed E-state index contributed by atoms with van der Waals surface area (Å²) >= 11 is 0. The normalized spacial score (nSPS) is 18.7. The van der Waals surface area contributed by atoms with Gasteiger partial charge in [0.1, 0.15) is 6.33 Å². The van der Waals surface area contributed by atoms with Crippen molar-refractivity contribution in [1.82, 2.24) is 25.5 Å². The van der Waals surface area contributed by atoms with Crippen molar-refractivity contribution in [1.29, 1.82) is 0 Å². The van der Waals surface area contributed by atoms with Gasteiger partial charge in [0.05, 0.1) is 11.2 Å². The molecule has 27 heavy (non-hydrogen) atoms. The van der Waals surface area contributed by atoms with Crippen LogP contribution in [0.2, 0.25) is 0 Å². The van der Waals surface area contributed by atoms with Gasteiger partial charge in [0.2, 0.25) is 0 Å². The van der Waals surface area contributed by atoms with Gasteiger partial charge in [-0.3, -0.25) is 0 Å². The molecule has 0 spiro atoms. The number of carbonyl (C=O) groups excluding carboxylic acids is 1. The largest absolute Gasteiger partial charge is 0.368 e. The average Bonchev–Trinajstić information content (AvgIpc) is 2.74. The van der Waals surface area contributed by atoms with Crippen molar-refractivity contribution in [3.8, 4) is 0 Å². The van der Waals surface area contributed by atoms with Crippen molar-refractivity contribution >= 4 is 22.6 Å². The molecular formula is C20H28N6O. The molecule has 0 bridgehead atoms. The predicted octanol–water partition coefficient (Wildman–Crippen LogP) is 1.95. The second-order valence-corrected chi connectivity index (χ2v) is 7.29. The maximum absolute atomic E-state index is 12.0. The first-order valence-corrected chi connectivity index (χ1v) is 9.99. The number of carbonyl (C=O) groups is 1. The number of piperazine rings is 1. The standard InChI is InChI=1S/C20H28N6O/c1-2-22-20(27)26-11-9-25(10-12-26)16-3-4-17-18(13-16)23-14-24-19(17)15-5-7-21-8-6-15/h3-4,13-15,21H,2,5-12H2,1H3,(H,22,27). The molecule has 1 aromatic heterocycles. The molecule has 2 amide bonds. The Kier molecular flexibility index (Phi) is 5.38. The number of piperidine rings is 1. The van der Waals surface area contributed by atoms with E-state index in [0.717, 1.165) is 57.6 Å². The van der Waals surface area contributed by atoms with Crippen molar-refractivity contribution < 1.29 is 4.79 Å². The van der Waals surface area contributed by atoms with Gasteiger partial charge in [-0.05, 0) is 51.1 Å². The van der Waals surface area contributed by atoms with Crippen LogP contribution < -0.4 is 15.5 Å². The highest BCUT2D eigenvalue weighted by atomic mass is 16.2. The summed E-state index contributed by atoms with van der Waals surface area (Å²) in [7, 11) is 0. The van der Waals surface area contributed by atoms with Crippen molar-refractivity contribution in [2.45, 2.75) is 25.7 Å². The molecule has 144 valence electrons. The lowest BCUT2D eigenvalue weighted by molar-refractivity contribution is 0.195. The molecule has 0 radical (unpaired) electrons. The molecule has 2 aliphatic rings. The van der Waals surface area contributed by atoms with Crippen LogP contribution in [0.3, 0.4) is 0 Å². The zero-order valence-electron chi connectivity index (χ0n) is 15.9. The van der Waals surface area contributed by atoms with Crippen LogP contribution in [0.15, 0.2) is 24.5 Å². The third-order valence-electron chi connectivity index (χ3n) is 5.64. The summed E-state index contributed by atoms with van der Waals surface area (Å²) in [4.78, 5) is 25.3. The number of benzene rings is 1. The number of amides is 2. The Morgan fingerprint density at radius 3 is 2.70 bits per heavy atom. The lowest BCUT2D eigenvalue weighted by Gasteiger charge is -2.36. The predicted molar refractivity (Wildman–Crippen MR) is 107 cm³/mol. The molecule has 7 nitrogen and oxygen atoms in total. The molecule has 7 heteroatoms. The minimum absolute atomic E-state index is 0.0371. The molecule has 1 aromatic carbocycles. The average molecular weight is 368 g/mol. The zero-order chi connectivity index (χ0) is 18.6. The van der Waals surface area contributed by atoms with Crippen LogP contribution in [0.5, 0.6) is 0 Å². The van der Waals surface area contributed by atoms with E-state index in [4.69, 9.17) is 0 Å². The Bertz CT molecular complexity index is 796. The fourth-order valence-electron chi connectivity index (χ4n) is 4.11. The van der Waals surface area contributed by atoms with Crippen LogP contribution in [-0.2, 0) is 0 Å². The number of fused-ring (bicyclic) bond motifs is 1. The van der Waals surface area contributed by atoms with Crippen molar-refractivity contribution in [3.05, 3.63) is 30.2 Å². The zero-order valence-corrected chi connectivity index (χ0v) is 15.9. The summed E-state index contributed by atoms with van der Waals surface area (Å²) in [6, 6.07) is 6.56. The molecule has 3 heterocycles. The van der Waals surface area contributed by atoms with Gasteiger partial charge in [-0.1, -0.05) is 0 Å². The number of urea groups is 1. The second kappa shape index (κ2) is 8.08. The minimum atomic E-state index is 0.0371. The van der Waals surface area contributed by atoms with E-state index in [9.17, 15) is 4.79 Å². The molecule has 0 aliphatic carbocycles. The Morgan fingerprint density at radius 1 is 1.19 bits per heavy atom. The SMILES string of the molecule is CCNC(=O)N1CCN(c2ccc3c(C4CCNCC4)ncnc3c2)CC1. The number of anilines is 1. The van der Waals surface area contributed by atoms with E-state index in [1.165, 1.54) is 16.8 Å². The van der Waals surface area contributed by atoms with Crippen LogP contribution in [0.1, 0.15) is 31.4 Å². The van der Waals surface area contributed by atoms with Gasteiger partial charge in [0.15, 0.2) is 0 Å². The third kappa shape index (κ3) is 3.83. The lowest BCUT2D eigenvalue weighted by atomic mass is 9.92. The quantitative estimate of drug-likeness (QED) is 0.866. The lowest BCUT2D eigenvalue weighted by Crippen LogP contribution is -2.51. The van der Waals surface area contributed by atoms with Crippen molar-refractivity contribution in [2.75, 3.05) is 50.7 Å². The Morgan fingerprint density at radius 2 is 1.96 bits per heavy atom. The molecule has 2 N–H and O–H groups in total. The smallest absolute Gasteiger partial charge is 0.317 e. The van der Waals surface area contributed by atoms with E-state index < -0.39 is 0 Å². The molecular weight excluding hydrogens is 340 g/mol. The molecule has 4 rings (SSSR count). The number of hydrogen-bond acceptors (Lipinski definition) is 5. The Balaban J connectivity index is 1.50. The molecule has 0 atom stereocenters. The number of hydrogen-bond donors (Lipinski definition) is 2. The topological polar surface area (TPSA) is 73.4 Å². The summed E-state index contributed by atoms with van der Waals surface area (Å²) in [5.41, 5.74) is 3.38. The number of nitrogens with zero attached hydrogens (tertiary/aromatic N) is 4. The summed E-state index contributed by atoms with van der Waals surface area (Å²) < 4.78 is 0. The fraction of sp³-hybridized carbons (Fsp3) is 0.550. The van der Waals surface area contributed by atoms with Gasteiger partial charge in [-0.2, -0.15) is 0 Å². The number of aromatic nitrogens is 2. The third-order valence-corrected chi connectivity index (χ3v) is 5.64. The van der Waals surface area contributed by atoms with Gasteiger partial charge < -0.3 is 20.4 Å².